The summed E-state index contributed by atoms with van der Waals surface area (Å²) in [6.45, 7) is 6.90. The van der Waals surface area contributed by atoms with Crippen LogP contribution in [0.1, 0.15) is 42.0 Å². The third-order valence-corrected chi connectivity index (χ3v) is 4.51. The quantitative estimate of drug-likeness (QED) is 0.635. The van der Waals surface area contributed by atoms with E-state index >= 15 is 0 Å². The average Bonchev–Trinajstić information content (AvgIpc) is 3.00. The van der Waals surface area contributed by atoms with Gasteiger partial charge in [0.05, 0.1) is 33.2 Å². The number of nitrogens with zero attached hydrogens (tertiary/aromatic N) is 3. The zero-order valence-electron chi connectivity index (χ0n) is 12.0. The first-order chi connectivity index (χ1) is 9.60. The van der Waals surface area contributed by atoms with E-state index in [0.29, 0.717) is 6.42 Å². The first-order valence-electron chi connectivity index (χ1n) is 6.72. The molecule has 0 aliphatic heterocycles. The van der Waals surface area contributed by atoms with Gasteiger partial charge >= 0.3 is 0 Å². The minimum absolute atomic E-state index is 0.0517. The van der Waals surface area contributed by atoms with Crippen molar-refractivity contribution in [1.82, 2.24) is 20.2 Å². The lowest BCUT2D eigenvalue weighted by Crippen LogP contribution is -2.30. The summed E-state index contributed by atoms with van der Waals surface area (Å²) in [4.78, 5) is 4.49. The molecule has 0 aromatic carbocycles. The Morgan fingerprint density at radius 2 is 2.25 bits per heavy atom. The Balaban J connectivity index is 2.29. The molecular weight excluding hydrogens is 294 g/mol. The third-order valence-electron chi connectivity index (χ3n) is 3.29. The average molecular weight is 314 g/mol. The maximum atomic E-state index is 6.43. The second kappa shape index (κ2) is 6.67. The van der Waals surface area contributed by atoms with Gasteiger partial charge in [0.15, 0.2) is 0 Å². The van der Waals surface area contributed by atoms with Crippen LogP contribution < -0.4 is 11.3 Å². The van der Waals surface area contributed by atoms with Crippen LogP contribution in [0.15, 0.2) is 5.38 Å². The molecule has 2 rings (SSSR count). The van der Waals surface area contributed by atoms with Crippen molar-refractivity contribution in [3.63, 3.8) is 0 Å². The number of halogens is 1. The highest BCUT2D eigenvalue weighted by molar-refractivity contribution is 7.09. The fraction of sp³-hybridized carbons (Fsp3) is 0.538. The smallest absolute Gasteiger partial charge is 0.0898 e. The van der Waals surface area contributed by atoms with Crippen LogP contribution in [0.25, 0.3) is 0 Å². The summed E-state index contributed by atoms with van der Waals surface area (Å²) >= 11 is 8.05. The van der Waals surface area contributed by atoms with E-state index in [0.717, 1.165) is 40.1 Å². The Labute approximate surface area is 128 Å². The molecule has 0 fully saturated rings. The molecule has 0 saturated heterocycles. The van der Waals surface area contributed by atoms with Crippen LogP contribution in [0.3, 0.4) is 0 Å². The van der Waals surface area contributed by atoms with Crippen LogP contribution in [0.4, 0.5) is 0 Å². The van der Waals surface area contributed by atoms with Gasteiger partial charge in [-0.05, 0) is 20.3 Å². The van der Waals surface area contributed by atoms with E-state index in [1.807, 2.05) is 17.0 Å². The number of thiazole rings is 1. The molecule has 1 atom stereocenters. The normalized spacial score (nSPS) is 12.8. The topological polar surface area (TPSA) is 68.8 Å². The molecule has 0 aliphatic rings. The van der Waals surface area contributed by atoms with Gasteiger partial charge in [-0.2, -0.15) is 5.10 Å². The van der Waals surface area contributed by atoms with Crippen LogP contribution in [-0.2, 0) is 19.4 Å². The van der Waals surface area contributed by atoms with Crippen molar-refractivity contribution in [2.45, 2.75) is 46.2 Å². The molecule has 0 spiro atoms. The Morgan fingerprint density at radius 3 is 2.75 bits per heavy atom. The number of nitrogens with one attached hydrogen (secondary N) is 1. The minimum Gasteiger partial charge on any atom is -0.271 e. The lowest BCUT2D eigenvalue weighted by molar-refractivity contribution is 0.508. The van der Waals surface area contributed by atoms with Crippen molar-refractivity contribution in [1.29, 1.82) is 0 Å². The first kappa shape index (κ1) is 15.4. The first-order valence-corrected chi connectivity index (χ1v) is 7.98. The number of hydrazine groups is 1. The van der Waals surface area contributed by atoms with E-state index in [-0.39, 0.29) is 6.04 Å². The molecule has 110 valence electrons. The standard InChI is InChI=1S/C13H20ClN5S/c1-4-9-13(14)12(19(5-2)18-9)6-10(17-15)11-7-20-8(3)16-11/h7,10,17H,4-6,15H2,1-3H3. The molecule has 2 aromatic rings. The maximum Gasteiger partial charge on any atom is 0.0898 e. The second-order valence-electron chi connectivity index (χ2n) is 4.59. The fourth-order valence-electron chi connectivity index (χ4n) is 2.19. The van der Waals surface area contributed by atoms with E-state index in [9.17, 15) is 0 Å². The van der Waals surface area contributed by atoms with Gasteiger partial charge in [-0.15, -0.1) is 11.3 Å². The largest absolute Gasteiger partial charge is 0.271 e. The van der Waals surface area contributed by atoms with Crippen LogP contribution in [0.2, 0.25) is 5.02 Å². The molecule has 0 radical (unpaired) electrons. The van der Waals surface area contributed by atoms with E-state index in [1.54, 1.807) is 11.3 Å². The molecular formula is C13H20ClN5S. The lowest BCUT2D eigenvalue weighted by Gasteiger charge is -2.14. The molecule has 0 amide bonds. The molecule has 0 bridgehead atoms. The van der Waals surface area contributed by atoms with Gasteiger partial charge in [-0.1, -0.05) is 18.5 Å². The highest BCUT2D eigenvalue weighted by Crippen LogP contribution is 2.27. The highest BCUT2D eigenvalue weighted by atomic mass is 35.5. The SMILES string of the molecule is CCc1nn(CC)c(CC(NN)c2csc(C)n2)c1Cl. The lowest BCUT2D eigenvalue weighted by atomic mass is 10.1. The van der Waals surface area contributed by atoms with Gasteiger partial charge in [-0.25, -0.2) is 4.98 Å². The van der Waals surface area contributed by atoms with Crippen molar-refractivity contribution < 1.29 is 0 Å². The molecule has 5 nitrogen and oxygen atoms in total. The summed E-state index contributed by atoms with van der Waals surface area (Å²) in [6.07, 6.45) is 1.51. The van der Waals surface area contributed by atoms with E-state index < -0.39 is 0 Å². The zero-order valence-corrected chi connectivity index (χ0v) is 13.6. The van der Waals surface area contributed by atoms with Crippen molar-refractivity contribution in [3.05, 3.63) is 32.5 Å². The van der Waals surface area contributed by atoms with E-state index in [2.05, 4.69) is 29.4 Å². The van der Waals surface area contributed by atoms with Gasteiger partial charge in [0.1, 0.15) is 0 Å². The second-order valence-corrected chi connectivity index (χ2v) is 6.03. The van der Waals surface area contributed by atoms with Gasteiger partial charge in [0.2, 0.25) is 0 Å². The molecule has 20 heavy (non-hydrogen) atoms. The summed E-state index contributed by atoms with van der Waals surface area (Å²) in [6, 6.07) is -0.0517. The molecule has 0 aliphatic carbocycles. The van der Waals surface area contributed by atoms with Crippen molar-refractivity contribution in [2.24, 2.45) is 5.84 Å². The van der Waals surface area contributed by atoms with Gasteiger partial charge in [0.25, 0.3) is 0 Å². The highest BCUT2D eigenvalue weighted by Gasteiger charge is 2.20. The van der Waals surface area contributed by atoms with Gasteiger partial charge in [-0.3, -0.25) is 16.0 Å². The predicted octanol–water partition coefficient (Wildman–Crippen LogP) is 2.63. The summed E-state index contributed by atoms with van der Waals surface area (Å²) in [5.41, 5.74) is 5.73. The molecule has 2 aromatic heterocycles. The van der Waals surface area contributed by atoms with Crippen molar-refractivity contribution in [2.75, 3.05) is 0 Å². The summed E-state index contributed by atoms with van der Waals surface area (Å²) in [5.74, 6) is 5.68. The third kappa shape index (κ3) is 3.03. The van der Waals surface area contributed by atoms with E-state index in [4.69, 9.17) is 17.4 Å². The summed E-state index contributed by atoms with van der Waals surface area (Å²) in [5, 5.41) is 8.34. The minimum atomic E-state index is -0.0517. The van der Waals surface area contributed by atoms with Crippen LogP contribution in [-0.4, -0.2) is 14.8 Å². The van der Waals surface area contributed by atoms with Crippen molar-refractivity contribution >= 4 is 22.9 Å². The van der Waals surface area contributed by atoms with Gasteiger partial charge in [0, 0.05) is 18.3 Å². The molecule has 0 saturated carbocycles. The molecule has 7 heteroatoms. The van der Waals surface area contributed by atoms with Gasteiger partial charge < -0.3 is 0 Å². The Kier molecular flexibility index (Phi) is 5.15. The van der Waals surface area contributed by atoms with Crippen LogP contribution in [0, 0.1) is 6.92 Å². The van der Waals surface area contributed by atoms with Crippen LogP contribution >= 0.6 is 22.9 Å². The number of nitrogens with two attached hydrogens (primary N) is 1. The molecule has 2 heterocycles. The van der Waals surface area contributed by atoms with Crippen molar-refractivity contribution in [3.8, 4) is 0 Å². The Hall–Kier alpha value is -0.950. The summed E-state index contributed by atoms with van der Waals surface area (Å²) < 4.78 is 1.95. The number of aryl methyl sites for hydroxylation is 3. The number of hydrogen-bond acceptors (Lipinski definition) is 5. The number of rotatable bonds is 6. The summed E-state index contributed by atoms with van der Waals surface area (Å²) in [7, 11) is 0. The monoisotopic (exact) mass is 313 g/mol. The van der Waals surface area contributed by atoms with E-state index in [1.165, 1.54) is 0 Å². The number of hydrogen-bond donors (Lipinski definition) is 2. The zero-order chi connectivity index (χ0) is 14.7. The fourth-order valence-corrected chi connectivity index (χ4v) is 3.21. The maximum absolute atomic E-state index is 6.43. The predicted molar refractivity (Wildman–Crippen MR) is 82.9 cm³/mol. The van der Waals surface area contributed by atoms with Crippen LogP contribution in [0.5, 0.6) is 0 Å². The molecule has 3 N–H and O–H groups in total. The number of aromatic nitrogens is 3. The molecule has 1 unspecified atom stereocenters. The Bertz CT molecular complexity index is 577. The Morgan fingerprint density at radius 1 is 1.50 bits per heavy atom.